The van der Waals surface area contributed by atoms with E-state index in [4.69, 9.17) is 0 Å². The number of aryl methyl sites for hydroxylation is 2. The van der Waals surface area contributed by atoms with Crippen LogP contribution in [0.25, 0.3) is 0 Å². The van der Waals surface area contributed by atoms with E-state index >= 15 is 0 Å². The third-order valence-electron chi connectivity index (χ3n) is 5.40. The molecule has 3 N–H and O–H groups in total. The van der Waals surface area contributed by atoms with Gasteiger partial charge in [0.05, 0.1) is 0 Å². The maximum atomic E-state index is 12.9. The molecule has 0 unspecified atom stereocenters. The minimum Gasteiger partial charge on any atom is -0.354 e. The summed E-state index contributed by atoms with van der Waals surface area (Å²) < 4.78 is 0. The maximum absolute atomic E-state index is 12.9. The number of nitrogens with zero attached hydrogens (tertiary/aromatic N) is 2. The zero-order valence-corrected chi connectivity index (χ0v) is 20.3. The second-order valence-corrected chi connectivity index (χ2v) is 8.23. The molecule has 0 aromatic carbocycles. The molecule has 7 heteroatoms. The molecule has 33 heavy (non-hydrogen) atoms. The Balaban J connectivity index is 2.11. The summed E-state index contributed by atoms with van der Waals surface area (Å²) in [5.74, 6) is 0.732. The van der Waals surface area contributed by atoms with E-state index in [0.29, 0.717) is 17.6 Å². The zero-order valence-electron chi connectivity index (χ0n) is 20.3. The van der Waals surface area contributed by atoms with E-state index in [1.54, 1.807) is 12.3 Å². The second-order valence-electron chi connectivity index (χ2n) is 8.23. The van der Waals surface area contributed by atoms with Crippen LogP contribution < -0.4 is 16.2 Å². The standard InChI is InChI=1S/C26H37N5O2/c1-6-8-22(25(32)29-18-23-20(4)17-21(5)30-26(23)33)16-19(3)9-10-24(28-11-7-2)31-14-12-27-13-15-31/h7-11,17,27H,2,6,12-16,18H2,1,3-5H3,(H,29,32)(H,30,33)/b19-9?,22-8+,24-10?,28-11?. The van der Waals surface area contributed by atoms with Gasteiger partial charge in [0.2, 0.25) is 5.91 Å². The number of pyridine rings is 1. The van der Waals surface area contributed by atoms with E-state index < -0.39 is 0 Å². The lowest BCUT2D eigenvalue weighted by Gasteiger charge is -2.29. The largest absolute Gasteiger partial charge is 0.354 e. The van der Waals surface area contributed by atoms with E-state index in [2.05, 4.69) is 32.1 Å². The van der Waals surface area contributed by atoms with Crippen molar-refractivity contribution in [3.05, 3.63) is 81.1 Å². The lowest BCUT2D eigenvalue weighted by Crippen LogP contribution is -2.42. The van der Waals surface area contributed by atoms with E-state index in [0.717, 1.165) is 55.3 Å². The van der Waals surface area contributed by atoms with Crippen LogP contribution in [0, 0.1) is 13.8 Å². The summed E-state index contributed by atoms with van der Waals surface area (Å²) in [5.41, 5.74) is 3.86. The van der Waals surface area contributed by atoms with Crippen molar-refractivity contribution in [2.24, 2.45) is 4.99 Å². The molecule has 178 valence electrons. The van der Waals surface area contributed by atoms with Gasteiger partial charge < -0.3 is 20.5 Å². The Kier molecular flexibility index (Phi) is 10.6. The number of H-pyrrole nitrogens is 1. The molecule has 0 saturated carbocycles. The van der Waals surface area contributed by atoms with Crippen LogP contribution >= 0.6 is 0 Å². The molecule has 1 aromatic heterocycles. The number of aliphatic imine (C=N–C) groups is 1. The fourth-order valence-electron chi connectivity index (χ4n) is 3.70. The van der Waals surface area contributed by atoms with Crippen LogP contribution in [0.15, 0.2) is 63.7 Å². The van der Waals surface area contributed by atoms with E-state index in [1.807, 2.05) is 52.0 Å². The third-order valence-corrected chi connectivity index (χ3v) is 5.40. The molecule has 7 nitrogen and oxygen atoms in total. The van der Waals surface area contributed by atoms with Gasteiger partial charge in [-0.25, -0.2) is 4.99 Å². The third kappa shape index (κ3) is 8.35. The summed E-state index contributed by atoms with van der Waals surface area (Å²) >= 11 is 0. The number of aromatic amines is 1. The van der Waals surface area contributed by atoms with Crippen LogP contribution in [-0.4, -0.2) is 48.2 Å². The van der Waals surface area contributed by atoms with Crippen molar-refractivity contribution >= 4 is 12.1 Å². The molecule has 1 aliphatic rings. The number of nitrogens with one attached hydrogen (secondary N) is 3. The summed E-state index contributed by atoms with van der Waals surface area (Å²) in [6.07, 6.45) is 10.6. The average Bonchev–Trinajstić information content (AvgIpc) is 2.78. The molecule has 1 amide bonds. The van der Waals surface area contributed by atoms with Crippen molar-refractivity contribution in [1.29, 1.82) is 0 Å². The Morgan fingerprint density at radius 1 is 1.27 bits per heavy atom. The van der Waals surface area contributed by atoms with Gasteiger partial charge in [0.1, 0.15) is 5.82 Å². The summed E-state index contributed by atoms with van der Waals surface area (Å²) in [6.45, 7) is 15.3. The number of rotatable bonds is 10. The highest BCUT2D eigenvalue weighted by atomic mass is 16.2. The van der Waals surface area contributed by atoms with Gasteiger partial charge >= 0.3 is 0 Å². The Labute approximate surface area is 197 Å². The molecule has 1 saturated heterocycles. The molecule has 0 bridgehead atoms. The van der Waals surface area contributed by atoms with Gasteiger partial charge in [-0.2, -0.15) is 0 Å². The fraction of sp³-hybridized carbons (Fsp3) is 0.423. The second kappa shape index (κ2) is 13.4. The van der Waals surface area contributed by atoms with Gasteiger partial charge in [0.15, 0.2) is 0 Å². The van der Waals surface area contributed by atoms with Crippen molar-refractivity contribution < 1.29 is 4.79 Å². The number of allylic oxidation sites excluding steroid dienone is 5. The molecule has 2 rings (SSSR count). The maximum Gasteiger partial charge on any atom is 0.253 e. The number of piperazine rings is 1. The van der Waals surface area contributed by atoms with Crippen LogP contribution in [0.1, 0.15) is 43.5 Å². The number of amides is 1. The highest BCUT2D eigenvalue weighted by Crippen LogP contribution is 2.15. The number of carbonyl (C=O) groups is 1. The molecular weight excluding hydrogens is 414 g/mol. The quantitative estimate of drug-likeness (QED) is 0.289. The molecule has 0 aliphatic carbocycles. The predicted octanol–water partition coefficient (Wildman–Crippen LogP) is 3.28. The number of carbonyl (C=O) groups excluding carboxylic acids is 1. The van der Waals surface area contributed by atoms with Gasteiger partial charge in [-0.05, 0) is 51.3 Å². The van der Waals surface area contributed by atoms with Crippen molar-refractivity contribution in [2.45, 2.75) is 47.1 Å². The van der Waals surface area contributed by atoms with E-state index in [9.17, 15) is 9.59 Å². The van der Waals surface area contributed by atoms with Crippen molar-refractivity contribution in [3.63, 3.8) is 0 Å². The van der Waals surface area contributed by atoms with Gasteiger partial charge in [0, 0.05) is 55.8 Å². The summed E-state index contributed by atoms with van der Waals surface area (Å²) in [5, 5.41) is 6.26. The lowest BCUT2D eigenvalue weighted by molar-refractivity contribution is -0.117. The summed E-state index contributed by atoms with van der Waals surface area (Å²) in [4.78, 5) is 34.7. The van der Waals surface area contributed by atoms with Crippen LogP contribution in [0.5, 0.6) is 0 Å². The summed E-state index contributed by atoms with van der Waals surface area (Å²) in [6, 6.07) is 1.91. The van der Waals surface area contributed by atoms with E-state index in [1.165, 1.54) is 0 Å². The van der Waals surface area contributed by atoms with Crippen molar-refractivity contribution in [2.75, 3.05) is 26.2 Å². The number of hydrogen-bond acceptors (Lipinski definition) is 5. The molecule has 2 heterocycles. The van der Waals surface area contributed by atoms with Gasteiger partial charge in [-0.15, -0.1) is 0 Å². The normalized spacial score (nSPS) is 15.8. The van der Waals surface area contributed by atoms with E-state index in [-0.39, 0.29) is 18.0 Å². The molecule has 0 radical (unpaired) electrons. The first-order valence-corrected chi connectivity index (χ1v) is 11.5. The van der Waals surface area contributed by atoms with Crippen molar-refractivity contribution in [3.8, 4) is 0 Å². The van der Waals surface area contributed by atoms with Crippen LogP contribution in [0.3, 0.4) is 0 Å². The smallest absolute Gasteiger partial charge is 0.253 e. The Bertz CT molecular complexity index is 1010. The summed E-state index contributed by atoms with van der Waals surface area (Å²) in [7, 11) is 0. The lowest BCUT2D eigenvalue weighted by atomic mass is 10.0. The van der Waals surface area contributed by atoms with Crippen molar-refractivity contribution in [1.82, 2.24) is 20.5 Å². The average molecular weight is 452 g/mol. The topological polar surface area (TPSA) is 89.6 Å². The Hall–Kier alpha value is -3.19. The van der Waals surface area contributed by atoms with Gasteiger partial charge in [-0.1, -0.05) is 37.3 Å². The first-order valence-electron chi connectivity index (χ1n) is 11.5. The monoisotopic (exact) mass is 451 g/mol. The first kappa shape index (κ1) is 26.1. The van der Waals surface area contributed by atoms with Crippen LogP contribution in [0.2, 0.25) is 0 Å². The zero-order chi connectivity index (χ0) is 24.2. The first-order chi connectivity index (χ1) is 15.8. The molecule has 1 aliphatic heterocycles. The Morgan fingerprint density at radius 3 is 2.64 bits per heavy atom. The number of hydrogen-bond donors (Lipinski definition) is 3. The molecule has 0 atom stereocenters. The van der Waals surface area contributed by atoms with Crippen LogP contribution in [0.4, 0.5) is 0 Å². The molecule has 1 fully saturated rings. The van der Waals surface area contributed by atoms with Gasteiger partial charge in [0.25, 0.3) is 5.56 Å². The molecule has 0 spiro atoms. The molecular formula is C26H37N5O2. The predicted molar refractivity (Wildman–Crippen MR) is 136 cm³/mol. The number of aromatic nitrogens is 1. The van der Waals surface area contributed by atoms with Crippen LogP contribution in [-0.2, 0) is 11.3 Å². The highest BCUT2D eigenvalue weighted by Gasteiger charge is 2.13. The molecule has 1 aromatic rings. The fourth-order valence-corrected chi connectivity index (χ4v) is 3.70. The SMILES string of the molecule is C=CC=NC(=CC=C(C)C/C(=C\CC)C(=O)NCc1c(C)cc(C)[nH]c1=O)N1CCNCC1. The van der Waals surface area contributed by atoms with Gasteiger partial charge in [-0.3, -0.25) is 9.59 Å². The minimum atomic E-state index is -0.157. The minimum absolute atomic E-state index is 0.153. The highest BCUT2D eigenvalue weighted by molar-refractivity contribution is 5.93. The Morgan fingerprint density at radius 2 is 2.00 bits per heavy atom.